The van der Waals surface area contributed by atoms with Gasteiger partial charge in [0, 0.05) is 37.1 Å². The van der Waals surface area contributed by atoms with Gasteiger partial charge in [0.2, 0.25) is 5.78 Å². The number of benzene rings is 1. The highest BCUT2D eigenvalue weighted by Gasteiger charge is 2.16. The Morgan fingerprint density at radius 1 is 1.36 bits per heavy atom. The fourth-order valence-corrected chi connectivity index (χ4v) is 2.73. The van der Waals surface area contributed by atoms with Gasteiger partial charge in [-0.1, -0.05) is 12.1 Å². The molecule has 1 amide bonds. The molecule has 22 heavy (non-hydrogen) atoms. The van der Waals surface area contributed by atoms with Gasteiger partial charge < -0.3 is 4.90 Å². The highest BCUT2D eigenvalue weighted by molar-refractivity contribution is 7.98. The third-order valence-electron chi connectivity index (χ3n) is 3.36. The normalized spacial score (nSPS) is 10.8. The molecule has 0 unspecified atom stereocenters. The molecule has 0 spiro atoms. The monoisotopic (exact) mass is 312 g/mol. The number of hydrogen-bond donors (Lipinski definition) is 0. The van der Waals surface area contributed by atoms with Crippen LogP contribution in [0.15, 0.2) is 53.8 Å². The second kappa shape index (κ2) is 6.19. The molecule has 3 aromatic rings. The Hall–Kier alpha value is -2.34. The Morgan fingerprint density at radius 2 is 2.23 bits per heavy atom. The fourth-order valence-electron chi connectivity index (χ4n) is 2.25. The summed E-state index contributed by atoms with van der Waals surface area (Å²) in [5, 5.41) is 0. The molecule has 0 saturated carbocycles. The zero-order valence-corrected chi connectivity index (χ0v) is 13.2. The van der Waals surface area contributed by atoms with Gasteiger partial charge in [0.1, 0.15) is 5.69 Å². The van der Waals surface area contributed by atoms with Crippen molar-refractivity contribution in [3.63, 3.8) is 0 Å². The highest BCUT2D eigenvalue weighted by atomic mass is 32.2. The van der Waals surface area contributed by atoms with Gasteiger partial charge in [0.05, 0.1) is 0 Å². The lowest BCUT2D eigenvalue weighted by Crippen LogP contribution is -2.26. The first-order valence-electron chi connectivity index (χ1n) is 6.85. The van der Waals surface area contributed by atoms with Crippen LogP contribution in [0, 0.1) is 0 Å². The van der Waals surface area contributed by atoms with Crippen LogP contribution in [0.3, 0.4) is 0 Å². The molecule has 1 aromatic carbocycles. The number of hydrogen-bond acceptors (Lipinski definition) is 4. The summed E-state index contributed by atoms with van der Waals surface area (Å²) in [6, 6.07) is 9.99. The average Bonchev–Trinajstić information content (AvgIpc) is 2.98. The number of imidazole rings is 1. The number of carbonyl (C=O) groups is 1. The van der Waals surface area contributed by atoms with Crippen LogP contribution in [-0.4, -0.2) is 38.5 Å². The van der Waals surface area contributed by atoms with Crippen LogP contribution in [0.25, 0.3) is 5.78 Å². The Morgan fingerprint density at radius 3 is 3.00 bits per heavy atom. The van der Waals surface area contributed by atoms with Crippen LogP contribution < -0.4 is 0 Å². The summed E-state index contributed by atoms with van der Waals surface area (Å²) in [5.74, 6) is 0.420. The molecular formula is C16H16N4OS. The van der Waals surface area contributed by atoms with E-state index in [-0.39, 0.29) is 5.91 Å². The van der Waals surface area contributed by atoms with Crippen LogP contribution in [0.1, 0.15) is 16.1 Å². The Kier molecular flexibility index (Phi) is 4.11. The standard InChI is InChI=1S/C16H16N4OS/c1-19(10-12-5-3-6-13(9-12)22-2)15(21)14-11-20-8-4-7-17-16(20)18-14/h3-9,11H,10H2,1-2H3. The summed E-state index contributed by atoms with van der Waals surface area (Å²) in [4.78, 5) is 23.7. The van der Waals surface area contributed by atoms with Crippen molar-refractivity contribution in [3.05, 3.63) is 60.2 Å². The Labute approximate surface area is 133 Å². The van der Waals surface area contributed by atoms with Gasteiger partial charge in [0.15, 0.2) is 0 Å². The molecule has 2 heterocycles. The first kappa shape index (κ1) is 14.6. The molecule has 0 fully saturated rings. The van der Waals surface area contributed by atoms with Crippen molar-refractivity contribution in [2.75, 3.05) is 13.3 Å². The Balaban J connectivity index is 1.78. The van der Waals surface area contributed by atoms with E-state index in [4.69, 9.17) is 0 Å². The van der Waals surface area contributed by atoms with E-state index in [1.807, 2.05) is 24.6 Å². The van der Waals surface area contributed by atoms with Crippen LogP contribution in [0.4, 0.5) is 0 Å². The maximum absolute atomic E-state index is 12.5. The predicted molar refractivity (Wildman–Crippen MR) is 87.0 cm³/mol. The molecule has 0 aliphatic carbocycles. The van der Waals surface area contributed by atoms with Crippen molar-refractivity contribution >= 4 is 23.4 Å². The number of amides is 1. The van der Waals surface area contributed by atoms with Crippen molar-refractivity contribution in [1.82, 2.24) is 19.3 Å². The molecule has 2 aromatic heterocycles. The maximum Gasteiger partial charge on any atom is 0.274 e. The molecular weight excluding hydrogens is 296 g/mol. The SMILES string of the molecule is CSc1cccc(CN(C)C(=O)c2cn3cccnc3n2)c1. The van der Waals surface area contributed by atoms with Gasteiger partial charge in [-0.15, -0.1) is 11.8 Å². The third-order valence-corrected chi connectivity index (χ3v) is 4.08. The average molecular weight is 312 g/mol. The van der Waals surface area contributed by atoms with E-state index in [2.05, 4.69) is 22.1 Å². The highest BCUT2D eigenvalue weighted by Crippen LogP contribution is 2.17. The van der Waals surface area contributed by atoms with Gasteiger partial charge in [-0.3, -0.25) is 9.20 Å². The topological polar surface area (TPSA) is 50.5 Å². The lowest BCUT2D eigenvalue weighted by molar-refractivity contribution is 0.0780. The quantitative estimate of drug-likeness (QED) is 0.695. The second-order valence-electron chi connectivity index (χ2n) is 4.97. The molecule has 0 aliphatic heterocycles. The number of carbonyl (C=O) groups excluding carboxylic acids is 1. The van der Waals surface area contributed by atoms with Crippen molar-refractivity contribution < 1.29 is 4.79 Å². The predicted octanol–water partition coefficient (Wildman–Crippen LogP) is 2.72. The van der Waals surface area contributed by atoms with Gasteiger partial charge in [-0.05, 0) is 30.0 Å². The van der Waals surface area contributed by atoms with Crippen molar-refractivity contribution in [1.29, 1.82) is 0 Å². The first-order chi connectivity index (χ1) is 10.7. The van der Waals surface area contributed by atoms with Crippen LogP contribution in [-0.2, 0) is 6.54 Å². The van der Waals surface area contributed by atoms with E-state index < -0.39 is 0 Å². The molecule has 0 aliphatic rings. The van der Waals surface area contributed by atoms with Crippen LogP contribution in [0.5, 0.6) is 0 Å². The molecule has 0 radical (unpaired) electrons. The summed E-state index contributed by atoms with van der Waals surface area (Å²) in [5.41, 5.74) is 1.51. The van der Waals surface area contributed by atoms with Gasteiger partial charge >= 0.3 is 0 Å². The summed E-state index contributed by atoms with van der Waals surface area (Å²) >= 11 is 1.69. The van der Waals surface area contributed by atoms with Crippen molar-refractivity contribution in [3.8, 4) is 0 Å². The number of fused-ring (bicyclic) bond motifs is 1. The largest absolute Gasteiger partial charge is 0.336 e. The third kappa shape index (κ3) is 2.96. The molecule has 0 bridgehead atoms. The minimum absolute atomic E-state index is 0.111. The number of aromatic nitrogens is 3. The minimum Gasteiger partial charge on any atom is -0.336 e. The van der Waals surface area contributed by atoms with Gasteiger partial charge in [0.25, 0.3) is 5.91 Å². The molecule has 0 N–H and O–H groups in total. The van der Waals surface area contributed by atoms with Crippen molar-refractivity contribution in [2.24, 2.45) is 0 Å². The van der Waals surface area contributed by atoms with Gasteiger partial charge in [-0.25, -0.2) is 9.97 Å². The second-order valence-corrected chi connectivity index (χ2v) is 5.85. The van der Waals surface area contributed by atoms with Crippen molar-refractivity contribution in [2.45, 2.75) is 11.4 Å². The summed E-state index contributed by atoms with van der Waals surface area (Å²) in [6.07, 6.45) is 7.24. The number of nitrogens with zero attached hydrogens (tertiary/aromatic N) is 4. The number of rotatable bonds is 4. The molecule has 0 saturated heterocycles. The smallest absolute Gasteiger partial charge is 0.274 e. The van der Waals surface area contributed by atoms with E-state index >= 15 is 0 Å². The summed E-state index contributed by atoms with van der Waals surface area (Å²) in [6.45, 7) is 0.550. The first-order valence-corrected chi connectivity index (χ1v) is 8.08. The van der Waals surface area contributed by atoms with Crippen LogP contribution >= 0.6 is 11.8 Å². The van der Waals surface area contributed by atoms with E-state index in [0.29, 0.717) is 18.0 Å². The fraction of sp³-hybridized carbons (Fsp3) is 0.188. The summed E-state index contributed by atoms with van der Waals surface area (Å²) in [7, 11) is 1.78. The number of thioether (sulfide) groups is 1. The molecule has 112 valence electrons. The van der Waals surface area contributed by atoms with E-state index in [0.717, 1.165) is 5.56 Å². The Bertz CT molecular complexity index is 782. The van der Waals surface area contributed by atoms with E-state index in [1.54, 1.807) is 46.6 Å². The lowest BCUT2D eigenvalue weighted by Gasteiger charge is -2.16. The lowest BCUT2D eigenvalue weighted by atomic mass is 10.2. The molecule has 3 rings (SSSR count). The zero-order valence-electron chi connectivity index (χ0n) is 12.4. The van der Waals surface area contributed by atoms with Crippen LogP contribution in [0.2, 0.25) is 0 Å². The molecule has 5 nitrogen and oxygen atoms in total. The maximum atomic E-state index is 12.5. The molecule has 0 atom stereocenters. The van der Waals surface area contributed by atoms with E-state index in [1.165, 1.54) is 4.90 Å². The molecule has 6 heteroatoms. The van der Waals surface area contributed by atoms with Gasteiger partial charge in [-0.2, -0.15) is 0 Å². The zero-order chi connectivity index (χ0) is 15.5. The summed E-state index contributed by atoms with van der Waals surface area (Å²) < 4.78 is 1.75. The minimum atomic E-state index is -0.111. The van der Waals surface area contributed by atoms with E-state index in [9.17, 15) is 4.79 Å².